The molecule has 0 fully saturated rings. The summed E-state index contributed by atoms with van der Waals surface area (Å²) in [6.45, 7) is 1.50. The van der Waals surface area contributed by atoms with Crippen LogP contribution in [0.25, 0.3) is 0 Å². The summed E-state index contributed by atoms with van der Waals surface area (Å²) in [6, 6.07) is -1.19. The molecule has 0 spiro atoms. The smallest absolute Gasteiger partial charge is 0.331 e. The minimum atomic E-state index is -1.19. The van der Waals surface area contributed by atoms with E-state index < -0.39 is 17.9 Å². The van der Waals surface area contributed by atoms with Crippen molar-refractivity contribution in [1.29, 1.82) is 0 Å². The Balaban J connectivity index is 2.13. The first-order chi connectivity index (χ1) is 9.88. The fourth-order valence-corrected chi connectivity index (χ4v) is 2.56. The Kier molecular flexibility index (Phi) is 4.22. The number of amides is 1. The quantitative estimate of drug-likeness (QED) is 0.801. The number of nitrogens with zero attached hydrogens (tertiary/aromatic N) is 3. The average molecular weight is 310 g/mol. The van der Waals surface area contributed by atoms with Crippen molar-refractivity contribution in [3.63, 3.8) is 0 Å². The first-order valence-electron chi connectivity index (χ1n) is 6.04. The van der Waals surface area contributed by atoms with Gasteiger partial charge in [-0.1, -0.05) is 11.3 Å². The number of nitrogens with one attached hydrogen (secondary N) is 1. The van der Waals surface area contributed by atoms with Crippen LogP contribution in [0.5, 0.6) is 0 Å². The molecule has 21 heavy (non-hydrogen) atoms. The van der Waals surface area contributed by atoms with Crippen molar-refractivity contribution in [3.05, 3.63) is 38.7 Å². The number of aromatic nitrogens is 3. The molecule has 2 aromatic heterocycles. The molecule has 0 aromatic carbocycles. The first-order valence-corrected chi connectivity index (χ1v) is 6.92. The van der Waals surface area contributed by atoms with Crippen LogP contribution in [0.4, 0.5) is 0 Å². The van der Waals surface area contributed by atoms with Crippen LogP contribution in [0.3, 0.4) is 0 Å². The lowest BCUT2D eigenvalue weighted by Crippen LogP contribution is -2.37. The van der Waals surface area contributed by atoms with Crippen LogP contribution < -0.4 is 10.2 Å². The number of carboxylic acid groups (broad SMARTS) is 1. The van der Waals surface area contributed by atoms with Gasteiger partial charge < -0.3 is 10.4 Å². The molecule has 0 saturated carbocycles. The number of aryl methyl sites for hydroxylation is 2. The maximum atomic E-state index is 12.0. The van der Waals surface area contributed by atoms with Crippen LogP contribution in [0.2, 0.25) is 0 Å². The van der Waals surface area contributed by atoms with Crippen LogP contribution in [0.1, 0.15) is 17.3 Å². The van der Waals surface area contributed by atoms with E-state index in [9.17, 15) is 19.5 Å². The summed E-state index contributed by atoms with van der Waals surface area (Å²) in [5.74, 6) is -1.74. The Morgan fingerprint density at radius 1 is 1.52 bits per heavy atom. The monoisotopic (exact) mass is 310 g/mol. The molecule has 112 valence electrons. The van der Waals surface area contributed by atoms with E-state index >= 15 is 0 Å². The van der Waals surface area contributed by atoms with E-state index in [4.69, 9.17) is 0 Å². The Morgan fingerprint density at radius 2 is 2.24 bits per heavy atom. The van der Waals surface area contributed by atoms with Gasteiger partial charge in [-0.15, -0.1) is 0 Å². The van der Waals surface area contributed by atoms with Gasteiger partial charge in [0.25, 0.3) is 0 Å². The molecule has 2 heterocycles. The van der Waals surface area contributed by atoms with Crippen molar-refractivity contribution >= 4 is 23.2 Å². The van der Waals surface area contributed by atoms with Crippen LogP contribution in [0, 0.1) is 6.92 Å². The Hall–Kier alpha value is -2.42. The molecule has 2 N–H and O–H groups in total. The molecule has 1 unspecified atom stereocenters. The molecule has 9 heteroatoms. The molecule has 0 aliphatic heterocycles. The predicted molar refractivity (Wildman–Crippen MR) is 75.0 cm³/mol. The maximum Gasteiger partial charge on any atom is 0.331 e. The van der Waals surface area contributed by atoms with Gasteiger partial charge in [0, 0.05) is 29.9 Å². The average Bonchev–Trinajstić information content (AvgIpc) is 2.96. The number of rotatable bonds is 5. The van der Waals surface area contributed by atoms with Crippen molar-refractivity contribution in [2.24, 2.45) is 7.05 Å². The fraction of sp³-hybridized carbons (Fsp3) is 0.333. The Morgan fingerprint density at radius 3 is 2.71 bits per heavy atom. The molecule has 0 saturated heterocycles. The summed E-state index contributed by atoms with van der Waals surface area (Å²) in [4.78, 5) is 34.5. The van der Waals surface area contributed by atoms with Crippen LogP contribution in [-0.4, -0.2) is 31.3 Å². The number of hydrogen-bond acceptors (Lipinski definition) is 5. The number of thiazole rings is 1. The molecular weight excluding hydrogens is 296 g/mol. The minimum Gasteiger partial charge on any atom is -0.479 e. The van der Waals surface area contributed by atoms with E-state index in [0.29, 0.717) is 11.3 Å². The van der Waals surface area contributed by atoms with Gasteiger partial charge in [-0.2, -0.15) is 5.10 Å². The second kappa shape index (κ2) is 5.92. The third-order valence-electron chi connectivity index (χ3n) is 2.89. The second-order valence-electron chi connectivity index (χ2n) is 4.52. The summed E-state index contributed by atoms with van der Waals surface area (Å²) in [7, 11) is 1.65. The molecule has 0 bridgehead atoms. The first kappa shape index (κ1) is 15.0. The largest absolute Gasteiger partial charge is 0.479 e. The van der Waals surface area contributed by atoms with Gasteiger partial charge in [0.1, 0.15) is 6.54 Å². The van der Waals surface area contributed by atoms with E-state index in [1.807, 2.05) is 0 Å². The summed E-state index contributed by atoms with van der Waals surface area (Å²) in [5, 5.41) is 17.1. The van der Waals surface area contributed by atoms with Gasteiger partial charge in [0.15, 0.2) is 6.04 Å². The maximum absolute atomic E-state index is 12.0. The minimum absolute atomic E-state index is 0.210. The van der Waals surface area contributed by atoms with Gasteiger partial charge >= 0.3 is 10.8 Å². The van der Waals surface area contributed by atoms with E-state index in [1.165, 1.54) is 21.6 Å². The molecule has 2 aromatic rings. The van der Waals surface area contributed by atoms with Gasteiger partial charge in [0.2, 0.25) is 5.91 Å². The summed E-state index contributed by atoms with van der Waals surface area (Å²) in [5.41, 5.74) is 1.03. The van der Waals surface area contributed by atoms with E-state index in [1.54, 1.807) is 19.4 Å². The van der Waals surface area contributed by atoms with Crippen molar-refractivity contribution < 1.29 is 14.7 Å². The van der Waals surface area contributed by atoms with Gasteiger partial charge in [-0.25, -0.2) is 4.79 Å². The highest BCUT2D eigenvalue weighted by Crippen LogP contribution is 2.12. The van der Waals surface area contributed by atoms with Gasteiger partial charge in [0.05, 0.1) is 6.20 Å². The standard InChI is InChI=1S/C12H14N4O4S/c1-7-6-21-12(20)16(7)5-9(17)14-10(11(18)19)8-3-13-15(2)4-8/h3-4,6,10H,5H2,1-2H3,(H,14,17)(H,18,19). The Bertz CT molecular complexity index is 730. The molecule has 0 aliphatic carbocycles. The van der Waals surface area contributed by atoms with Crippen molar-refractivity contribution in [3.8, 4) is 0 Å². The normalized spacial score (nSPS) is 12.1. The number of carbonyl (C=O) groups is 2. The molecule has 2 rings (SSSR count). The SMILES string of the molecule is Cc1csc(=O)n1CC(=O)NC(C(=O)O)c1cnn(C)c1. The number of carbonyl (C=O) groups excluding carboxylic acids is 1. The summed E-state index contributed by atoms with van der Waals surface area (Å²) >= 11 is 0.996. The summed E-state index contributed by atoms with van der Waals surface area (Å²) in [6.07, 6.45) is 2.89. The lowest BCUT2D eigenvalue weighted by atomic mass is 10.1. The molecule has 0 aliphatic rings. The van der Waals surface area contributed by atoms with E-state index in [2.05, 4.69) is 10.4 Å². The van der Waals surface area contributed by atoms with Crippen LogP contribution in [-0.2, 0) is 23.2 Å². The van der Waals surface area contributed by atoms with Crippen LogP contribution in [0.15, 0.2) is 22.6 Å². The lowest BCUT2D eigenvalue weighted by molar-refractivity contribution is -0.142. The van der Waals surface area contributed by atoms with E-state index in [-0.39, 0.29) is 11.4 Å². The molecule has 1 atom stereocenters. The Labute approximate surface area is 123 Å². The highest BCUT2D eigenvalue weighted by molar-refractivity contribution is 7.07. The van der Waals surface area contributed by atoms with Crippen LogP contribution >= 0.6 is 11.3 Å². The fourth-order valence-electron chi connectivity index (χ4n) is 1.82. The third-order valence-corrected chi connectivity index (χ3v) is 3.77. The second-order valence-corrected chi connectivity index (χ2v) is 5.34. The summed E-state index contributed by atoms with van der Waals surface area (Å²) < 4.78 is 2.74. The number of carboxylic acids is 1. The predicted octanol–water partition coefficient (Wildman–Crippen LogP) is -0.106. The highest BCUT2D eigenvalue weighted by Gasteiger charge is 2.23. The molecular formula is C12H14N4O4S. The lowest BCUT2D eigenvalue weighted by Gasteiger charge is -2.13. The number of hydrogen-bond donors (Lipinski definition) is 2. The topological polar surface area (TPSA) is 106 Å². The third kappa shape index (κ3) is 3.37. The zero-order chi connectivity index (χ0) is 15.6. The zero-order valence-corrected chi connectivity index (χ0v) is 12.3. The number of aliphatic carboxylic acids is 1. The zero-order valence-electron chi connectivity index (χ0n) is 11.4. The molecule has 8 nitrogen and oxygen atoms in total. The van der Waals surface area contributed by atoms with E-state index in [0.717, 1.165) is 11.3 Å². The van der Waals surface area contributed by atoms with Crippen molar-refractivity contribution in [2.45, 2.75) is 19.5 Å². The van der Waals surface area contributed by atoms with Crippen molar-refractivity contribution in [1.82, 2.24) is 19.7 Å². The molecule has 0 radical (unpaired) electrons. The van der Waals surface area contributed by atoms with Crippen molar-refractivity contribution in [2.75, 3.05) is 0 Å². The van der Waals surface area contributed by atoms with Gasteiger partial charge in [-0.05, 0) is 6.92 Å². The van der Waals surface area contributed by atoms with Gasteiger partial charge in [-0.3, -0.25) is 18.8 Å². The molecule has 1 amide bonds. The highest BCUT2D eigenvalue weighted by atomic mass is 32.1.